The van der Waals surface area contributed by atoms with Crippen molar-refractivity contribution in [2.45, 2.75) is 31.7 Å². The van der Waals surface area contributed by atoms with Gasteiger partial charge in [-0.05, 0) is 57.8 Å². The average molecular weight is 682 g/mol. The van der Waals surface area contributed by atoms with Crippen LogP contribution in [0, 0.1) is 11.3 Å². The van der Waals surface area contributed by atoms with Gasteiger partial charge in [0, 0.05) is 24.9 Å². The summed E-state index contributed by atoms with van der Waals surface area (Å²) >= 11 is 12.2. The lowest BCUT2D eigenvalue weighted by molar-refractivity contribution is -0.157. The Balaban J connectivity index is 1.20. The maximum atomic E-state index is 14.3. The molecule has 0 aliphatic carbocycles. The zero-order valence-corrected chi connectivity index (χ0v) is 27.2. The number of urea groups is 1. The fourth-order valence-corrected chi connectivity index (χ4v) is 6.98. The molecule has 2 aliphatic heterocycles. The maximum Gasteiger partial charge on any atom is 0.333 e. The molecule has 1 N–H and O–H groups in total. The van der Waals surface area contributed by atoms with Gasteiger partial charge in [-0.3, -0.25) is 9.59 Å². The average Bonchev–Trinajstić information content (AvgIpc) is 3.69. The van der Waals surface area contributed by atoms with E-state index in [4.69, 9.17) is 27.6 Å². The van der Waals surface area contributed by atoms with Crippen LogP contribution in [0.1, 0.15) is 16.7 Å². The minimum atomic E-state index is -0.830. The van der Waals surface area contributed by atoms with Crippen LogP contribution in [0.25, 0.3) is 21.7 Å². The number of nitrogens with zero attached hydrogens (tertiary/aromatic N) is 5. The quantitative estimate of drug-likeness (QED) is 0.202. The van der Waals surface area contributed by atoms with Crippen molar-refractivity contribution in [3.63, 3.8) is 0 Å². The van der Waals surface area contributed by atoms with Crippen molar-refractivity contribution >= 4 is 62.8 Å². The first kappa shape index (κ1) is 31.5. The first-order valence-corrected chi connectivity index (χ1v) is 16.2. The van der Waals surface area contributed by atoms with Gasteiger partial charge in [0.25, 0.3) is 0 Å². The molecule has 48 heavy (non-hydrogen) atoms. The summed E-state index contributed by atoms with van der Waals surface area (Å²) in [6.07, 6.45) is 1.20. The minimum absolute atomic E-state index is 0.124. The summed E-state index contributed by atoms with van der Waals surface area (Å²) in [6, 6.07) is 27.3. The van der Waals surface area contributed by atoms with Crippen LogP contribution in [0.2, 0.25) is 10.0 Å². The van der Waals surface area contributed by atoms with Gasteiger partial charge < -0.3 is 19.5 Å². The van der Waals surface area contributed by atoms with Crippen molar-refractivity contribution in [1.82, 2.24) is 25.1 Å². The zero-order valence-electron chi connectivity index (χ0n) is 25.7. The summed E-state index contributed by atoms with van der Waals surface area (Å²) in [4.78, 5) is 45.1. The van der Waals surface area contributed by atoms with Gasteiger partial charge in [0.05, 0.1) is 35.5 Å². The van der Waals surface area contributed by atoms with E-state index in [0.717, 1.165) is 32.9 Å². The van der Waals surface area contributed by atoms with Gasteiger partial charge in [-0.1, -0.05) is 77.8 Å². The van der Waals surface area contributed by atoms with Crippen molar-refractivity contribution in [3.05, 3.63) is 118 Å². The summed E-state index contributed by atoms with van der Waals surface area (Å²) in [5.41, 5.74) is 3.28. The standard InChI is InChI=1S/C36H30Cl2N6O4/c37-29-10-8-24(17-30(29)38)19-40-36(47)42(14-13-39)43-22-34(45)44-31(18-23-9-11-32-26(16-23)12-15-48-32)35(46)41(21-33(43)44)20-27-6-3-5-25-4-1-2-7-28(25)27/h1-12,15-17,31,33H,14,18-22H2,(H,40,47)/t31-,33+/m0/s1. The molecule has 0 bridgehead atoms. The number of furan rings is 1. The van der Waals surface area contributed by atoms with E-state index < -0.39 is 18.2 Å². The number of carbonyl (C=O) groups excluding carboxylic acids is 3. The van der Waals surface area contributed by atoms with Crippen molar-refractivity contribution in [3.8, 4) is 6.07 Å². The molecule has 12 heteroatoms. The molecule has 2 fully saturated rings. The van der Waals surface area contributed by atoms with E-state index in [-0.39, 0.29) is 44.4 Å². The second-order valence-corrected chi connectivity index (χ2v) is 12.7. The van der Waals surface area contributed by atoms with E-state index in [1.807, 2.05) is 66.7 Å². The molecule has 0 unspecified atom stereocenters. The highest BCUT2D eigenvalue weighted by Crippen LogP contribution is 2.32. The lowest BCUT2D eigenvalue weighted by atomic mass is 9.98. The van der Waals surface area contributed by atoms with E-state index in [2.05, 4.69) is 11.4 Å². The predicted molar refractivity (Wildman–Crippen MR) is 181 cm³/mol. The van der Waals surface area contributed by atoms with Gasteiger partial charge >= 0.3 is 6.03 Å². The molecule has 1 aromatic heterocycles. The van der Waals surface area contributed by atoms with Crippen LogP contribution in [0.3, 0.4) is 0 Å². The first-order valence-electron chi connectivity index (χ1n) is 15.5. The summed E-state index contributed by atoms with van der Waals surface area (Å²) in [6.45, 7) is 0.112. The Kier molecular flexibility index (Phi) is 8.67. The molecular formula is C36H30Cl2N6O4. The Morgan fingerprint density at radius 1 is 0.958 bits per heavy atom. The topological polar surface area (TPSA) is 113 Å². The smallest absolute Gasteiger partial charge is 0.333 e. The number of nitrogens with one attached hydrogen (secondary N) is 1. The second kappa shape index (κ2) is 13.2. The summed E-state index contributed by atoms with van der Waals surface area (Å²) in [5.74, 6) is -0.481. The molecule has 10 nitrogen and oxygen atoms in total. The van der Waals surface area contributed by atoms with Gasteiger partial charge in [0.2, 0.25) is 11.8 Å². The van der Waals surface area contributed by atoms with Crippen LogP contribution in [0.5, 0.6) is 0 Å². The monoisotopic (exact) mass is 680 g/mol. The molecular weight excluding hydrogens is 651 g/mol. The molecule has 0 spiro atoms. The normalized spacial score (nSPS) is 17.9. The lowest BCUT2D eigenvalue weighted by Gasteiger charge is -2.46. The van der Waals surface area contributed by atoms with Gasteiger partial charge in [-0.25, -0.2) is 9.80 Å². The molecule has 5 aromatic rings. The third-order valence-electron chi connectivity index (χ3n) is 8.95. The molecule has 242 valence electrons. The molecule has 0 saturated carbocycles. The number of hydrogen-bond donors (Lipinski definition) is 1. The number of rotatable bonds is 8. The number of amides is 4. The highest BCUT2D eigenvalue weighted by Gasteiger charge is 2.52. The van der Waals surface area contributed by atoms with Crippen LogP contribution in [0.4, 0.5) is 4.79 Å². The number of hydrogen-bond acceptors (Lipinski definition) is 6. The molecule has 2 aliphatic rings. The fourth-order valence-electron chi connectivity index (χ4n) is 6.66. The van der Waals surface area contributed by atoms with Crippen molar-refractivity contribution in [2.75, 3.05) is 19.6 Å². The van der Waals surface area contributed by atoms with Crippen LogP contribution in [0.15, 0.2) is 95.6 Å². The third kappa shape index (κ3) is 6.04. The molecule has 2 atom stereocenters. The van der Waals surface area contributed by atoms with Gasteiger partial charge in [0.15, 0.2) is 0 Å². The maximum absolute atomic E-state index is 14.3. The van der Waals surface area contributed by atoms with Crippen molar-refractivity contribution in [1.29, 1.82) is 5.26 Å². The SMILES string of the molecule is N#CCN(C(=O)NCc1ccc(Cl)c(Cl)c1)N1CC(=O)N2[C@@H](Cc3ccc4occc4c3)C(=O)N(Cc3cccc4ccccc34)C[C@@H]21. The summed E-state index contributed by atoms with van der Waals surface area (Å²) in [5, 5.41) is 19.2. The summed E-state index contributed by atoms with van der Waals surface area (Å²) < 4.78 is 5.51. The largest absolute Gasteiger partial charge is 0.464 e. The van der Waals surface area contributed by atoms with Crippen LogP contribution >= 0.6 is 23.2 Å². The molecule has 0 radical (unpaired) electrons. The Labute approximate surface area is 286 Å². The van der Waals surface area contributed by atoms with E-state index in [9.17, 15) is 19.6 Å². The molecule has 3 heterocycles. The molecule has 2 saturated heterocycles. The number of hydrazine groups is 1. The highest BCUT2D eigenvalue weighted by atomic mass is 35.5. The Morgan fingerprint density at radius 3 is 2.60 bits per heavy atom. The number of piperazine rings is 1. The van der Waals surface area contributed by atoms with Gasteiger partial charge in [-0.2, -0.15) is 10.3 Å². The number of fused-ring (bicyclic) bond motifs is 3. The second-order valence-electron chi connectivity index (χ2n) is 11.9. The first-order chi connectivity index (χ1) is 23.3. The number of nitriles is 1. The zero-order chi connectivity index (χ0) is 33.4. The highest BCUT2D eigenvalue weighted by molar-refractivity contribution is 6.42. The van der Waals surface area contributed by atoms with E-state index in [1.54, 1.807) is 39.3 Å². The fraction of sp³-hybridized carbons (Fsp3) is 0.222. The van der Waals surface area contributed by atoms with Crippen LogP contribution in [-0.2, 0) is 29.1 Å². The Bertz CT molecular complexity index is 2090. The van der Waals surface area contributed by atoms with Gasteiger partial charge in [0.1, 0.15) is 24.3 Å². The molecule has 4 aromatic carbocycles. The Morgan fingerprint density at radius 2 is 1.77 bits per heavy atom. The summed E-state index contributed by atoms with van der Waals surface area (Å²) in [7, 11) is 0. The third-order valence-corrected chi connectivity index (χ3v) is 9.69. The minimum Gasteiger partial charge on any atom is -0.464 e. The molecule has 4 amide bonds. The van der Waals surface area contributed by atoms with E-state index in [1.165, 1.54) is 5.01 Å². The lowest BCUT2D eigenvalue weighted by Crippen LogP contribution is -2.66. The van der Waals surface area contributed by atoms with Crippen LogP contribution in [-0.4, -0.2) is 69.5 Å². The number of benzene rings is 4. The predicted octanol–water partition coefficient (Wildman–Crippen LogP) is 5.97. The van der Waals surface area contributed by atoms with Crippen molar-refractivity contribution < 1.29 is 18.8 Å². The van der Waals surface area contributed by atoms with Gasteiger partial charge in [-0.15, -0.1) is 0 Å². The molecule has 7 rings (SSSR count). The van der Waals surface area contributed by atoms with E-state index >= 15 is 0 Å². The Hall–Kier alpha value is -5.08. The number of halogens is 2. The number of carbonyl (C=O) groups is 3. The van der Waals surface area contributed by atoms with Crippen LogP contribution < -0.4 is 5.32 Å². The van der Waals surface area contributed by atoms with E-state index in [0.29, 0.717) is 22.2 Å². The van der Waals surface area contributed by atoms with Crippen molar-refractivity contribution in [2.24, 2.45) is 0 Å².